The van der Waals surface area contributed by atoms with Crippen molar-refractivity contribution >= 4 is 28.3 Å². The van der Waals surface area contributed by atoms with Gasteiger partial charge in [-0.2, -0.15) is 0 Å². The summed E-state index contributed by atoms with van der Waals surface area (Å²) in [6.07, 6.45) is 3.51. The third kappa shape index (κ3) is 2.51. The summed E-state index contributed by atoms with van der Waals surface area (Å²) in [5.74, 6) is -0.637. The number of fused-ring (bicyclic) bond motifs is 2. The molecule has 2 aliphatic heterocycles. The van der Waals surface area contributed by atoms with Crippen LogP contribution in [0.5, 0.6) is 0 Å². The zero-order valence-electron chi connectivity index (χ0n) is 18.5. The van der Waals surface area contributed by atoms with Crippen LogP contribution >= 0.6 is 0 Å². The summed E-state index contributed by atoms with van der Waals surface area (Å²) in [7, 11) is 0. The molecule has 2 fully saturated rings. The molecule has 2 N–H and O–H groups in total. The Labute approximate surface area is 193 Å². The molecule has 0 radical (unpaired) electrons. The fourth-order valence-electron chi connectivity index (χ4n) is 7.00. The number of hydrogen-bond acceptors (Lipinski definition) is 3. The number of hydrogen-bond donors (Lipinski definition) is 1. The lowest BCUT2D eigenvalue weighted by atomic mass is 9.94. The summed E-state index contributed by atoms with van der Waals surface area (Å²) in [4.78, 5) is 30.3. The van der Waals surface area contributed by atoms with Crippen LogP contribution in [0.1, 0.15) is 42.0 Å². The van der Waals surface area contributed by atoms with Crippen LogP contribution in [-0.2, 0) is 21.4 Å². The highest BCUT2D eigenvalue weighted by molar-refractivity contribution is 6.14. The van der Waals surface area contributed by atoms with E-state index >= 15 is 0 Å². The first-order valence-corrected chi connectivity index (χ1v) is 12.1. The number of nitrogens with two attached hydrogens (primary N) is 1. The molecule has 3 aromatic carbocycles. The second kappa shape index (κ2) is 6.67. The van der Waals surface area contributed by atoms with Crippen molar-refractivity contribution in [2.24, 2.45) is 11.7 Å². The van der Waals surface area contributed by atoms with Gasteiger partial charge < -0.3 is 10.6 Å². The number of piperidine rings is 1. The normalized spacial score (nSPS) is 28.6. The molecule has 3 aromatic rings. The lowest BCUT2D eigenvalue weighted by Crippen LogP contribution is -2.48. The van der Waals surface area contributed by atoms with Gasteiger partial charge in [-0.05, 0) is 59.2 Å². The van der Waals surface area contributed by atoms with Gasteiger partial charge in [0, 0.05) is 30.9 Å². The average Bonchev–Trinajstić information content (AvgIpc) is 3.43. The van der Waals surface area contributed by atoms with Gasteiger partial charge in [0.25, 0.3) is 0 Å². The van der Waals surface area contributed by atoms with Crippen molar-refractivity contribution in [2.45, 2.75) is 43.2 Å². The SMILES string of the molecule is NC(=O)[C@@H]1C[C@]12C(=O)N(C1CCN(C3Cc4cccc5cccc3c45)CC1)c1ccccc12. The molecular formula is C28H27N3O2. The van der Waals surface area contributed by atoms with Crippen LogP contribution in [0, 0.1) is 5.92 Å². The van der Waals surface area contributed by atoms with Crippen molar-refractivity contribution < 1.29 is 9.59 Å². The smallest absolute Gasteiger partial charge is 0.238 e. The second-order valence-corrected chi connectivity index (χ2v) is 10.2. The van der Waals surface area contributed by atoms with Crippen LogP contribution in [0.4, 0.5) is 5.69 Å². The van der Waals surface area contributed by atoms with Crippen LogP contribution in [-0.4, -0.2) is 35.8 Å². The minimum Gasteiger partial charge on any atom is -0.369 e. The van der Waals surface area contributed by atoms with E-state index in [1.165, 1.54) is 21.9 Å². The predicted octanol–water partition coefficient (Wildman–Crippen LogP) is 3.69. The highest BCUT2D eigenvalue weighted by Crippen LogP contribution is 2.62. The van der Waals surface area contributed by atoms with Gasteiger partial charge in [-0.25, -0.2) is 0 Å². The Hall–Kier alpha value is -3.18. The second-order valence-electron chi connectivity index (χ2n) is 10.2. The van der Waals surface area contributed by atoms with Crippen LogP contribution in [0.3, 0.4) is 0 Å². The third-order valence-corrected chi connectivity index (χ3v) is 8.65. The Morgan fingerprint density at radius 3 is 2.48 bits per heavy atom. The summed E-state index contributed by atoms with van der Waals surface area (Å²) in [5, 5.41) is 2.77. The number of likely N-dealkylation sites (tertiary alicyclic amines) is 1. The van der Waals surface area contributed by atoms with E-state index in [0.717, 1.165) is 43.6 Å². The standard InChI is InChI=1S/C28H27N3O2/c29-26(32)22-16-28(22)21-9-1-2-10-23(21)31(27(28)33)19-11-13-30(14-12-19)24-15-18-7-3-5-17-6-4-8-20(24)25(17)18/h1-10,19,22,24H,11-16H2,(H2,29,32)/t22-,24?,28+/m0/s1. The molecule has 4 aliphatic rings. The zero-order chi connectivity index (χ0) is 22.3. The van der Waals surface area contributed by atoms with Crippen molar-refractivity contribution in [2.75, 3.05) is 18.0 Å². The number of anilines is 1. The monoisotopic (exact) mass is 437 g/mol. The first-order chi connectivity index (χ1) is 16.1. The van der Waals surface area contributed by atoms with Crippen molar-refractivity contribution in [3.63, 3.8) is 0 Å². The summed E-state index contributed by atoms with van der Waals surface area (Å²) in [6.45, 7) is 1.94. The van der Waals surface area contributed by atoms with E-state index in [1.807, 2.05) is 29.2 Å². The molecule has 2 heterocycles. The van der Waals surface area contributed by atoms with Gasteiger partial charge in [0.2, 0.25) is 11.8 Å². The molecule has 2 amide bonds. The molecule has 5 nitrogen and oxygen atoms in total. The average molecular weight is 438 g/mol. The number of nitrogens with zero attached hydrogens (tertiary/aromatic N) is 2. The topological polar surface area (TPSA) is 66.6 Å². The van der Waals surface area contributed by atoms with E-state index in [2.05, 4.69) is 41.3 Å². The number of benzene rings is 3. The Morgan fingerprint density at radius 2 is 1.73 bits per heavy atom. The highest BCUT2D eigenvalue weighted by Gasteiger charge is 2.69. The molecule has 7 rings (SSSR count). The van der Waals surface area contributed by atoms with Crippen LogP contribution in [0.15, 0.2) is 60.7 Å². The molecule has 166 valence electrons. The molecule has 1 unspecified atom stereocenters. The molecule has 1 saturated carbocycles. The van der Waals surface area contributed by atoms with E-state index < -0.39 is 5.41 Å². The first kappa shape index (κ1) is 19.3. The van der Waals surface area contributed by atoms with Crippen molar-refractivity contribution in [3.8, 4) is 0 Å². The van der Waals surface area contributed by atoms with E-state index in [4.69, 9.17) is 5.73 Å². The Balaban J connectivity index is 1.14. The lowest BCUT2D eigenvalue weighted by molar-refractivity contribution is -0.125. The molecule has 3 atom stereocenters. The fraction of sp³-hybridized carbons (Fsp3) is 0.357. The molecule has 2 aliphatic carbocycles. The molecular weight excluding hydrogens is 410 g/mol. The van der Waals surface area contributed by atoms with Gasteiger partial charge >= 0.3 is 0 Å². The van der Waals surface area contributed by atoms with Crippen LogP contribution in [0.2, 0.25) is 0 Å². The van der Waals surface area contributed by atoms with Crippen molar-refractivity contribution in [1.82, 2.24) is 4.90 Å². The molecule has 0 bridgehead atoms. The number of rotatable bonds is 3. The molecule has 1 saturated heterocycles. The quantitative estimate of drug-likeness (QED) is 0.680. The first-order valence-electron chi connectivity index (χ1n) is 12.1. The highest BCUT2D eigenvalue weighted by atomic mass is 16.2. The van der Waals surface area contributed by atoms with Crippen molar-refractivity contribution in [1.29, 1.82) is 0 Å². The van der Waals surface area contributed by atoms with Gasteiger partial charge in [-0.15, -0.1) is 0 Å². The van der Waals surface area contributed by atoms with Crippen molar-refractivity contribution in [3.05, 3.63) is 77.4 Å². The van der Waals surface area contributed by atoms with E-state index in [0.29, 0.717) is 12.5 Å². The van der Waals surface area contributed by atoms with Gasteiger partial charge in [-0.3, -0.25) is 14.5 Å². The van der Waals surface area contributed by atoms with Crippen LogP contribution < -0.4 is 10.6 Å². The number of carbonyl (C=O) groups is 2. The minimum absolute atomic E-state index is 0.0870. The fourth-order valence-corrected chi connectivity index (χ4v) is 7.00. The van der Waals surface area contributed by atoms with E-state index in [1.54, 1.807) is 0 Å². The molecule has 0 aromatic heterocycles. The largest absolute Gasteiger partial charge is 0.369 e. The molecule has 1 spiro atoms. The summed E-state index contributed by atoms with van der Waals surface area (Å²) in [5.41, 5.74) is 9.82. The van der Waals surface area contributed by atoms with E-state index in [-0.39, 0.29) is 23.8 Å². The minimum atomic E-state index is -0.706. The molecule has 5 heteroatoms. The van der Waals surface area contributed by atoms with Gasteiger partial charge in [0.05, 0.1) is 11.3 Å². The third-order valence-electron chi connectivity index (χ3n) is 8.65. The summed E-state index contributed by atoms with van der Waals surface area (Å²) >= 11 is 0. The van der Waals surface area contributed by atoms with E-state index in [9.17, 15) is 9.59 Å². The maximum absolute atomic E-state index is 13.7. The number of primary amides is 1. The predicted molar refractivity (Wildman–Crippen MR) is 128 cm³/mol. The zero-order valence-corrected chi connectivity index (χ0v) is 18.5. The number of carbonyl (C=O) groups excluding carboxylic acids is 2. The summed E-state index contributed by atoms with van der Waals surface area (Å²) < 4.78 is 0. The van der Waals surface area contributed by atoms with Gasteiger partial charge in [-0.1, -0.05) is 54.6 Å². The molecule has 33 heavy (non-hydrogen) atoms. The summed E-state index contributed by atoms with van der Waals surface area (Å²) in [6, 6.07) is 21.9. The van der Waals surface area contributed by atoms with Gasteiger partial charge in [0.1, 0.15) is 0 Å². The Kier molecular flexibility index (Phi) is 3.90. The Morgan fingerprint density at radius 1 is 0.970 bits per heavy atom. The maximum atomic E-state index is 13.7. The lowest BCUT2D eigenvalue weighted by Gasteiger charge is -2.40. The Bertz CT molecular complexity index is 1320. The number of amides is 2. The van der Waals surface area contributed by atoms with Gasteiger partial charge in [0.15, 0.2) is 0 Å². The van der Waals surface area contributed by atoms with Crippen LogP contribution in [0.25, 0.3) is 10.8 Å². The maximum Gasteiger partial charge on any atom is 0.238 e. The number of para-hydroxylation sites is 1.